The van der Waals surface area contributed by atoms with Crippen molar-refractivity contribution in [1.29, 1.82) is 0 Å². The van der Waals surface area contributed by atoms with Gasteiger partial charge >= 0.3 is 0 Å². The molecule has 1 aromatic carbocycles. The first-order chi connectivity index (χ1) is 8.58. The number of nitrogens with one attached hydrogen (secondary N) is 2. The third kappa shape index (κ3) is 4.22. The molecular formula is C13H19BrN2O2. The maximum Gasteiger partial charge on any atom is 0.242 e. The molecule has 0 aliphatic rings. The molecule has 0 aromatic heterocycles. The van der Waals surface area contributed by atoms with Gasteiger partial charge in [0, 0.05) is 18.3 Å². The number of amides is 1. The number of carbonyl (C=O) groups excluding carboxylic acids is 1. The van der Waals surface area contributed by atoms with E-state index >= 15 is 0 Å². The van der Waals surface area contributed by atoms with E-state index in [-0.39, 0.29) is 11.9 Å². The Morgan fingerprint density at radius 1 is 1.50 bits per heavy atom. The lowest BCUT2D eigenvalue weighted by atomic mass is 10.2. The van der Waals surface area contributed by atoms with Gasteiger partial charge in [-0.2, -0.15) is 0 Å². The zero-order valence-corrected chi connectivity index (χ0v) is 12.5. The smallest absolute Gasteiger partial charge is 0.242 e. The SMILES string of the molecule is CCCNC(=O)C(C)Nc1ccc(Br)c(OC)c1. The Kier molecular flexibility index (Phi) is 5.98. The molecule has 0 heterocycles. The van der Waals surface area contributed by atoms with Crippen LogP contribution in [0.2, 0.25) is 0 Å². The molecule has 1 amide bonds. The van der Waals surface area contributed by atoms with E-state index in [1.54, 1.807) is 7.11 Å². The molecule has 1 atom stereocenters. The number of halogens is 1. The second-order valence-electron chi connectivity index (χ2n) is 4.01. The van der Waals surface area contributed by atoms with E-state index in [1.165, 1.54) is 0 Å². The summed E-state index contributed by atoms with van der Waals surface area (Å²) in [5.41, 5.74) is 0.856. The number of hydrogen-bond donors (Lipinski definition) is 2. The molecule has 0 bridgehead atoms. The molecule has 5 heteroatoms. The highest BCUT2D eigenvalue weighted by Crippen LogP contribution is 2.28. The van der Waals surface area contributed by atoms with Gasteiger partial charge in [0.25, 0.3) is 0 Å². The van der Waals surface area contributed by atoms with Crippen LogP contribution < -0.4 is 15.4 Å². The maximum atomic E-state index is 11.7. The predicted molar refractivity (Wildman–Crippen MR) is 77.1 cm³/mol. The average molecular weight is 315 g/mol. The minimum absolute atomic E-state index is 0.00117. The lowest BCUT2D eigenvalue weighted by Crippen LogP contribution is -2.37. The van der Waals surface area contributed by atoms with Crippen LogP contribution in [-0.4, -0.2) is 25.6 Å². The number of anilines is 1. The lowest BCUT2D eigenvalue weighted by Gasteiger charge is -2.16. The van der Waals surface area contributed by atoms with Gasteiger partial charge in [-0.05, 0) is 41.4 Å². The van der Waals surface area contributed by atoms with Crippen molar-refractivity contribution in [3.05, 3.63) is 22.7 Å². The van der Waals surface area contributed by atoms with Crippen molar-refractivity contribution < 1.29 is 9.53 Å². The van der Waals surface area contributed by atoms with Gasteiger partial charge in [0.05, 0.1) is 11.6 Å². The topological polar surface area (TPSA) is 50.4 Å². The zero-order valence-electron chi connectivity index (χ0n) is 10.9. The van der Waals surface area contributed by atoms with E-state index in [2.05, 4.69) is 26.6 Å². The molecule has 0 spiro atoms. The minimum Gasteiger partial charge on any atom is -0.495 e. The number of ether oxygens (including phenoxy) is 1. The molecule has 1 rings (SSSR count). The van der Waals surface area contributed by atoms with Crippen LogP contribution in [0.15, 0.2) is 22.7 Å². The van der Waals surface area contributed by atoms with Crippen LogP contribution in [0.1, 0.15) is 20.3 Å². The van der Waals surface area contributed by atoms with Crippen LogP contribution >= 0.6 is 15.9 Å². The van der Waals surface area contributed by atoms with Crippen LogP contribution in [0.4, 0.5) is 5.69 Å². The van der Waals surface area contributed by atoms with E-state index in [1.807, 2.05) is 32.0 Å². The molecule has 100 valence electrons. The quantitative estimate of drug-likeness (QED) is 0.849. The first-order valence-corrected chi connectivity index (χ1v) is 6.75. The van der Waals surface area contributed by atoms with E-state index in [0.29, 0.717) is 6.54 Å². The van der Waals surface area contributed by atoms with E-state index in [4.69, 9.17) is 4.74 Å². The van der Waals surface area contributed by atoms with Crippen LogP contribution in [0.3, 0.4) is 0 Å². The van der Waals surface area contributed by atoms with Crippen LogP contribution in [0.25, 0.3) is 0 Å². The lowest BCUT2D eigenvalue weighted by molar-refractivity contribution is -0.121. The van der Waals surface area contributed by atoms with Crippen LogP contribution in [-0.2, 0) is 4.79 Å². The molecule has 0 radical (unpaired) electrons. The third-order valence-corrected chi connectivity index (χ3v) is 3.13. The fraction of sp³-hybridized carbons (Fsp3) is 0.462. The van der Waals surface area contributed by atoms with E-state index in [9.17, 15) is 4.79 Å². The maximum absolute atomic E-state index is 11.7. The van der Waals surface area contributed by atoms with Crippen molar-refractivity contribution in [3.63, 3.8) is 0 Å². The minimum atomic E-state index is -0.276. The highest BCUT2D eigenvalue weighted by atomic mass is 79.9. The average Bonchev–Trinajstić information content (AvgIpc) is 2.37. The molecule has 2 N–H and O–H groups in total. The molecule has 0 saturated heterocycles. The summed E-state index contributed by atoms with van der Waals surface area (Å²) in [6, 6.07) is 5.37. The second-order valence-corrected chi connectivity index (χ2v) is 4.86. The molecule has 1 aromatic rings. The van der Waals surface area contributed by atoms with Gasteiger partial charge in [0.15, 0.2) is 0 Å². The van der Waals surface area contributed by atoms with Crippen molar-refractivity contribution >= 4 is 27.5 Å². The Balaban J connectivity index is 2.64. The number of hydrogen-bond acceptors (Lipinski definition) is 3. The largest absolute Gasteiger partial charge is 0.495 e. The van der Waals surface area contributed by atoms with Crippen molar-refractivity contribution in [1.82, 2.24) is 5.32 Å². The Hall–Kier alpha value is -1.23. The summed E-state index contributed by atoms with van der Waals surface area (Å²) in [5, 5.41) is 5.99. The van der Waals surface area contributed by atoms with Gasteiger partial charge in [-0.25, -0.2) is 0 Å². The van der Waals surface area contributed by atoms with Crippen molar-refractivity contribution in [2.75, 3.05) is 19.0 Å². The van der Waals surface area contributed by atoms with Crippen LogP contribution in [0.5, 0.6) is 5.75 Å². The second kappa shape index (κ2) is 7.26. The third-order valence-electron chi connectivity index (χ3n) is 2.48. The molecule has 0 saturated carbocycles. The highest BCUT2D eigenvalue weighted by Gasteiger charge is 2.12. The summed E-state index contributed by atoms with van der Waals surface area (Å²) in [6.07, 6.45) is 0.935. The fourth-order valence-electron chi connectivity index (χ4n) is 1.47. The number of benzene rings is 1. The Labute approximate surface area is 116 Å². The first kappa shape index (κ1) is 14.8. The van der Waals surface area contributed by atoms with E-state index < -0.39 is 0 Å². The molecule has 0 aliphatic carbocycles. The molecule has 0 aliphatic heterocycles. The molecule has 4 nitrogen and oxygen atoms in total. The molecule has 18 heavy (non-hydrogen) atoms. The number of carbonyl (C=O) groups is 1. The first-order valence-electron chi connectivity index (χ1n) is 5.96. The Morgan fingerprint density at radius 2 is 2.22 bits per heavy atom. The fourth-order valence-corrected chi connectivity index (χ4v) is 1.87. The van der Waals surface area contributed by atoms with Crippen LogP contribution in [0, 0.1) is 0 Å². The van der Waals surface area contributed by atoms with Gasteiger partial charge in [0.1, 0.15) is 11.8 Å². The standard InChI is InChI=1S/C13H19BrN2O2/c1-4-7-15-13(17)9(2)16-10-5-6-11(14)12(8-10)18-3/h5-6,8-9,16H,4,7H2,1-3H3,(H,15,17). The summed E-state index contributed by atoms with van der Waals surface area (Å²) < 4.78 is 6.09. The summed E-state index contributed by atoms with van der Waals surface area (Å²) in [4.78, 5) is 11.7. The van der Waals surface area contributed by atoms with Crippen molar-refractivity contribution in [3.8, 4) is 5.75 Å². The molecular weight excluding hydrogens is 296 g/mol. The normalized spacial score (nSPS) is 11.8. The monoisotopic (exact) mass is 314 g/mol. The molecule has 0 fully saturated rings. The van der Waals surface area contributed by atoms with Gasteiger partial charge in [-0.15, -0.1) is 0 Å². The van der Waals surface area contributed by atoms with E-state index in [0.717, 1.165) is 22.3 Å². The number of methoxy groups -OCH3 is 1. The number of rotatable bonds is 6. The van der Waals surface area contributed by atoms with Crippen molar-refractivity contribution in [2.24, 2.45) is 0 Å². The Morgan fingerprint density at radius 3 is 2.83 bits per heavy atom. The zero-order chi connectivity index (χ0) is 13.5. The highest BCUT2D eigenvalue weighted by molar-refractivity contribution is 9.10. The van der Waals surface area contributed by atoms with Gasteiger partial charge in [-0.1, -0.05) is 6.92 Å². The van der Waals surface area contributed by atoms with Gasteiger partial charge in [0.2, 0.25) is 5.91 Å². The Bertz CT molecular complexity index is 410. The van der Waals surface area contributed by atoms with Crippen molar-refractivity contribution in [2.45, 2.75) is 26.3 Å². The summed E-state index contributed by atoms with van der Waals surface area (Å²) >= 11 is 3.39. The summed E-state index contributed by atoms with van der Waals surface area (Å²) in [5.74, 6) is 0.736. The van der Waals surface area contributed by atoms with Gasteiger partial charge < -0.3 is 15.4 Å². The summed E-state index contributed by atoms with van der Waals surface area (Å²) in [7, 11) is 1.61. The predicted octanol–water partition coefficient (Wildman–Crippen LogP) is 2.78. The summed E-state index contributed by atoms with van der Waals surface area (Å²) in [6.45, 7) is 4.56. The molecule has 1 unspecified atom stereocenters. The van der Waals surface area contributed by atoms with Gasteiger partial charge in [-0.3, -0.25) is 4.79 Å².